The van der Waals surface area contributed by atoms with Crippen LogP contribution in [0.5, 0.6) is 0 Å². The third-order valence-electron chi connectivity index (χ3n) is 4.39. The molecule has 2 aromatic rings. The molecule has 0 amide bonds. The number of benzene rings is 2. The number of halogens is 3. The van der Waals surface area contributed by atoms with Crippen molar-refractivity contribution in [3.63, 3.8) is 0 Å². The fraction of sp³-hybridized carbons (Fsp3) is 0.263. The number of nitrogens with zero attached hydrogens (tertiary/aromatic N) is 1. The van der Waals surface area contributed by atoms with Gasteiger partial charge >= 0.3 is 11.9 Å². The van der Waals surface area contributed by atoms with E-state index in [0.29, 0.717) is 22.0 Å². The summed E-state index contributed by atoms with van der Waals surface area (Å²) in [5, 5.41) is 16.0. The lowest BCUT2D eigenvalue weighted by Gasteiger charge is -2.20. The van der Waals surface area contributed by atoms with Gasteiger partial charge in [-0.2, -0.15) is 0 Å². The fourth-order valence-corrected chi connectivity index (χ4v) is 3.98. The molecule has 8 heteroatoms. The Bertz CT molecular complexity index is 861. The quantitative estimate of drug-likeness (QED) is 0.434. The lowest BCUT2D eigenvalue weighted by Crippen LogP contribution is -2.17. The Labute approximate surface area is 181 Å². The molecule has 5 nitrogen and oxygen atoms in total. The molecule has 0 saturated carbocycles. The third-order valence-corrected chi connectivity index (χ3v) is 5.80. The van der Waals surface area contributed by atoms with Crippen LogP contribution in [0.3, 0.4) is 0 Å². The standard InChI is InChI=1S/C17H16Cl2IN.C2H2O4/c1-21(2)17-9-13(10-3-6-15(18)16(19)7-10)12-5-4-11(20)8-14(12)17;3-1(4)2(5)6/h3-8,13,17H,9H2,1-2H3;(H,3,4)(H,5,6)/t13-,17+;/m0./s1. The number of carboxylic acid groups (broad SMARTS) is 2. The first-order chi connectivity index (χ1) is 12.6. The van der Waals surface area contributed by atoms with E-state index < -0.39 is 11.9 Å². The van der Waals surface area contributed by atoms with Crippen molar-refractivity contribution in [2.75, 3.05) is 14.1 Å². The molecule has 2 aromatic carbocycles. The van der Waals surface area contributed by atoms with Gasteiger partial charge in [0.25, 0.3) is 0 Å². The molecule has 0 bridgehead atoms. The smallest absolute Gasteiger partial charge is 0.414 e. The predicted octanol–water partition coefficient (Wildman–Crippen LogP) is 4.89. The molecule has 1 aliphatic rings. The highest BCUT2D eigenvalue weighted by Gasteiger charge is 2.33. The van der Waals surface area contributed by atoms with Crippen LogP contribution in [-0.2, 0) is 9.59 Å². The van der Waals surface area contributed by atoms with E-state index in [1.807, 2.05) is 12.1 Å². The minimum Gasteiger partial charge on any atom is -0.473 e. The molecule has 2 atom stereocenters. The molecule has 144 valence electrons. The van der Waals surface area contributed by atoms with Gasteiger partial charge in [0.05, 0.1) is 10.0 Å². The first-order valence-electron chi connectivity index (χ1n) is 7.98. The number of hydrogen-bond donors (Lipinski definition) is 2. The minimum absolute atomic E-state index is 0.388. The largest absolute Gasteiger partial charge is 0.473 e. The van der Waals surface area contributed by atoms with Gasteiger partial charge in [-0.15, -0.1) is 0 Å². The zero-order chi connectivity index (χ0) is 20.3. The number of hydrogen-bond acceptors (Lipinski definition) is 3. The van der Waals surface area contributed by atoms with Crippen LogP contribution in [0.25, 0.3) is 0 Å². The Hall–Kier alpha value is -1.35. The van der Waals surface area contributed by atoms with Gasteiger partial charge in [0.15, 0.2) is 0 Å². The summed E-state index contributed by atoms with van der Waals surface area (Å²) in [7, 11) is 4.29. The molecule has 0 radical (unpaired) electrons. The topological polar surface area (TPSA) is 77.8 Å². The number of carbonyl (C=O) groups is 2. The van der Waals surface area contributed by atoms with E-state index in [2.05, 4.69) is 65.9 Å². The van der Waals surface area contributed by atoms with Crippen LogP contribution in [0.2, 0.25) is 10.0 Å². The number of aliphatic carboxylic acids is 2. The van der Waals surface area contributed by atoms with E-state index in [1.165, 1.54) is 20.3 Å². The second kappa shape index (κ2) is 9.23. The molecular formula is C19H18Cl2INO4. The average Bonchev–Trinajstić information content (AvgIpc) is 2.96. The van der Waals surface area contributed by atoms with E-state index >= 15 is 0 Å². The van der Waals surface area contributed by atoms with Gasteiger partial charge in [0.2, 0.25) is 0 Å². The van der Waals surface area contributed by atoms with Crippen LogP contribution in [0.1, 0.15) is 35.1 Å². The molecule has 2 N–H and O–H groups in total. The summed E-state index contributed by atoms with van der Waals surface area (Å²) in [6, 6.07) is 13.2. The third kappa shape index (κ3) is 5.34. The lowest BCUT2D eigenvalue weighted by molar-refractivity contribution is -0.159. The van der Waals surface area contributed by atoms with Gasteiger partial charge in [0.1, 0.15) is 0 Å². The van der Waals surface area contributed by atoms with Crippen molar-refractivity contribution in [1.82, 2.24) is 4.90 Å². The normalized spacial score (nSPS) is 17.9. The molecule has 0 aromatic heterocycles. The lowest BCUT2D eigenvalue weighted by atomic mass is 9.93. The summed E-state index contributed by atoms with van der Waals surface area (Å²) in [6.07, 6.45) is 1.08. The SMILES string of the molecule is CN(C)[C@@H]1C[C@@H](c2ccc(Cl)c(Cl)c2)c2ccc(I)cc21.O=C(O)C(=O)O. The first-order valence-corrected chi connectivity index (χ1v) is 9.82. The summed E-state index contributed by atoms with van der Waals surface area (Å²) in [6.45, 7) is 0. The number of rotatable bonds is 2. The zero-order valence-corrected chi connectivity index (χ0v) is 18.3. The monoisotopic (exact) mass is 521 g/mol. The van der Waals surface area contributed by atoms with E-state index in [-0.39, 0.29) is 0 Å². The molecule has 0 heterocycles. The second-order valence-corrected chi connectivity index (χ2v) is 8.38. The van der Waals surface area contributed by atoms with E-state index in [4.69, 9.17) is 43.0 Å². The average molecular weight is 522 g/mol. The Morgan fingerprint density at radius 2 is 1.63 bits per heavy atom. The molecule has 3 rings (SSSR count). The van der Waals surface area contributed by atoms with Gasteiger partial charge in [0, 0.05) is 15.5 Å². The van der Waals surface area contributed by atoms with Crippen LogP contribution in [0, 0.1) is 3.57 Å². The van der Waals surface area contributed by atoms with Crippen LogP contribution < -0.4 is 0 Å². The molecule has 0 spiro atoms. The van der Waals surface area contributed by atoms with E-state index in [9.17, 15) is 0 Å². The van der Waals surface area contributed by atoms with Crippen molar-refractivity contribution in [2.45, 2.75) is 18.4 Å². The van der Waals surface area contributed by atoms with Crippen molar-refractivity contribution >= 4 is 57.7 Å². The highest BCUT2D eigenvalue weighted by atomic mass is 127. The summed E-state index contributed by atoms with van der Waals surface area (Å²) >= 11 is 14.6. The molecule has 27 heavy (non-hydrogen) atoms. The summed E-state index contributed by atoms with van der Waals surface area (Å²) < 4.78 is 1.29. The van der Waals surface area contributed by atoms with Crippen LogP contribution >= 0.6 is 45.8 Å². The molecule has 0 fully saturated rings. The zero-order valence-electron chi connectivity index (χ0n) is 14.6. The van der Waals surface area contributed by atoms with Crippen molar-refractivity contribution in [3.8, 4) is 0 Å². The van der Waals surface area contributed by atoms with Crippen molar-refractivity contribution in [3.05, 3.63) is 66.7 Å². The van der Waals surface area contributed by atoms with Crippen molar-refractivity contribution in [1.29, 1.82) is 0 Å². The Balaban J connectivity index is 0.000000380. The Morgan fingerprint density at radius 1 is 1.00 bits per heavy atom. The molecule has 0 aliphatic heterocycles. The summed E-state index contributed by atoms with van der Waals surface area (Å²) in [5.41, 5.74) is 4.09. The maximum atomic E-state index is 9.10. The van der Waals surface area contributed by atoms with Crippen molar-refractivity contribution in [2.24, 2.45) is 0 Å². The second-order valence-electron chi connectivity index (χ2n) is 6.32. The maximum Gasteiger partial charge on any atom is 0.414 e. The van der Waals surface area contributed by atoms with E-state index in [1.54, 1.807) is 0 Å². The predicted molar refractivity (Wildman–Crippen MR) is 114 cm³/mol. The van der Waals surface area contributed by atoms with Crippen LogP contribution in [0.4, 0.5) is 0 Å². The Kier molecular flexibility index (Phi) is 7.50. The minimum atomic E-state index is -1.82. The molecular weight excluding hydrogens is 504 g/mol. The van der Waals surface area contributed by atoms with Crippen LogP contribution in [-0.4, -0.2) is 41.1 Å². The van der Waals surface area contributed by atoms with Gasteiger partial charge < -0.3 is 15.1 Å². The summed E-state index contributed by atoms with van der Waals surface area (Å²) in [4.78, 5) is 20.5. The maximum absolute atomic E-state index is 9.10. The molecule has 1 aliphatic carbocycles. The van der Waals surface area contributed by atoms with Crippen molar-refractivity contribution < 1.29 is 19.8 Å². The fourth-order valence-electron chi connectivity index (χ4n) is 3.16. The first kappa shape index (κ1) is 21.9. The summed E-state index contributed by atoms with van der Waals surface area (Å²) in [5.74, 6) is -3.26. The highest BCUT2D eigenvalue weighted by molar-refractivity contribution is 14.1. The molecule has 0 unspecified atom stereocenters. The van der Waals surface area contributed by atoms with Gasteiger partial charge in [-0.05, 0) is 84.1 Å². The number of carboxylic acids is 2. The van der Waals surface area contributed by atoms with Crippen LogP contribution in [0.15, 0.2) is 36.4 Å². The molecule has 0 saturated heterocycles. The van der Waals surface area contributed by atoms with E-state index in [0.717, 1.165) is 6.42 Å². The highest BCUT2D eigenvalue weighted by Crippen LogP contribution is 2.47. The number of fused-ring (bicyclic) bond motifs is 1. The Morgan fingerprint density at radius 3 is 2.15 bits per heavy atom. The van der Waals surface area contributed by atoms with Gasteiger partial charge in [-0.1, -0.05) is 35.3 Å². The van der Waals surface area contributed by atoms with Gasteiger partial charge in [-0.3, -0.25) is 0 Å². The van der Waals surface area contributed by atoms with Gasteiger partial charge in [-0.25, -0.2) is 9.59 Å².